The van der Waals surface area contributed by atoms with Crippen molar-refractivity contribution in [2.45, 2.75) is 12.8 Å². The van der Waals surface area contributed by atoms with Gasteiger partial charge in [-0.15, -0.1) is 0 Å². The highest BCUT2D eigenvalue weighted by atomic mass is 35.5. The van der Waals surface area contributed by atoms with E-state index in [4.69, 9.17) is 16.3 Å². The summed E-state index contributed by atoms with van der Waals surface area (Å²) >= 11 is 6.17. The average Bonchev–Trinajstić information content (AvgIpc) is 2.79. The Kier molecular flexibility index (Phi) is 4.02. The molecule has 1 aromatic rings. The highest BCUT2D eigenvalue weighted by molar-refractivity contribution is 6.31. The summed E-state index contributed by atoms with van der Waals surface area (Å²) in [5.41, 5.74) is 1.03. The van der Waals surface area contributed by atoms with Crippen LogP contribution in [0.5, 0.6) is 0 Å². The van der Waals surface area contributed by atoms with E-state index in [1.54, 1.807) is 0 Å². The van der Waals surface area contributed by atoms with Gasteiger partial charge < -0.3 is 10.1 Å². The van der Waals surface area contributed by atoms with E-state index in [-0.39, 0.29) is 17.8 Å². The van der Waals surface area contributed by atoms with E-state index in [9.17, 15) is 4.79 Å². The van der Waals surface area contributed by atoms with Gasteiger partial charge in [0.05, 0.1) is 12.5 Å². The number of nitrogens with one attached hydrogen (secondary N) is 1. The number of benzene rings is 1. The quantitative estimate of drug-likeness (QED) is 0.840. The largest absolute Gasteiger partial charge is 0.466 e. The predicted octanol–water partition coefficient (Wildman–Crippen LogP) is 2.21. The minimum absolute atomic E-state index is 0.114. The van der Waals surface area contributed by atoms with Crippen LogP contribution in [0.3, 0.4) is 0 Å². The molecule has 2 atom stereocenters. The van der Waals surface area contributed by atoms with Crippen LogP contribution in [-0.2, 0) is 9.53 Å². The zero-order valence-electron chi connectivity index (χ0n) is 9.78. The first-order valence-electron chi connectivity index (χ1n) is 5.85. The first-order chi connectivity index (χ1) is 8.24. The lowest BCUT2D eigenvalue weighted by Crippen LogP contribution is -2.24. The molecule has 1 N–H and O–H groups in total. The molecule has 0 aromatic heterocycles. The summed E-state index contributed by atoms with van der Waals surface area (Å²) < 4.78 is 5.10. The van der Waals surface area contributed by atoms with Crippen molar-refractivity contribution < 1.29 is 9.53 Å². The molecular formula is C13H16ClNO2. The normalized spacial score (nSPS) is 23.6. The van der Waals surface area contributed by atoms with Crippen molar-refractivity contribution in [1.82, 2.24) is 5.32 Å². The third-order valence-corrected chi connectivity index (χ3v) is 3.45. The average molecular weight is 254 g/mol. The van der Waals surface area contributed by atoms with Crippen molar-refractivity contribution >= 4 is 17.6 Å². The molecule has 4 heteroatoms. The highest BCUT2D eigenvalue weighted by Crippen LogP contribution is 2.33. The molecule has 1 fully saturated rings. The molecule has 0 radical (unpaired) electrons. The molecule has 0 amide bonds. The molecule has 0 spiro atoms. The van der Waals surface area contributed by atoms with Crippen molar-refractivity contribution in [3.63, 3.8) is 0 Å². The molecular weight excluding hydrogens is 238 g/mol. The second kappa shape index (κ2) is 5.52. The number of esters is 1. The molecule has 0 bridgehead atoms. The van der Waals surface area contributed by atoms with Crippen LogP contribution in [0.1, 0.15) is 18.4 Å². The molecule has 1 aromatic carbocycles. The molecule has 1 saturated heterocycles. The van der Waals surface area contributed by atoms with Gasteiger partial charge in [-0.3, -0.25) is 4.79 Å². The Morgan fingerprint density at radius 2 is 2.24 bits per heavy atom. The van der Waals surface area contributed by atoms with Crippen LogP contribution in [0.25, 0.3) is 0 Å². The van der Waals surface area contributed by atoms with E-state index in [0.29, 0.717) is 13.2 Å². The smallest absolute Gasteiger partial charge is 0.310 e. The number of carbonyl (C=O) groups is 1. The second-order valence-corrected chi connectivity index (χ2v) is 4.55. The Balaban J connectivity index is 2.20. The van der Waals surface area contributed by atoms with Gasteiger partial charge in [-0.25, -0.2) is 0 Å². The van der Waals surface area contributed by atoms with Gasteiger partial charge in [-0.2, -0.15) is 0 Å². The zero-order chi connectivity index (χ0) is 12.3. The lowest BCUT2D eigenvalue weighted by molar-refractivity contribution is -0.147. The van der Waals surface area contributed by atoms with Gasteiger partial charge in [0.2, 0.25) is 0 Å². The Bertz CT molecular complexity index is 408. The first-order valence-corrected chi connectivity index (χ1v) is 6.23. The van der Waals surface area contributed by atoms with Gasteiger partial charge >= 0.3 is 5.97 Å². The van der Waals surface area contributed by atoms with E-state index in [2.05, 4.69) is 5.32 Å². The second-order valence-electron chi connectivity index (χ2n) is 4.14. The van der Waals surface area contributed by atoms with Gasteiger partial charge in [0, 0.05) is 24.0 Å². The summed E-state index contributed by atoms with van der Waals surface area (Å²) in [6, 6.07) is 7.68. The van der Waals surface area contributed by atoms with Crippen molar-refractivity contribution in [1.29, 1.82) is 0 Å². The Hall–Kier alpha value is -1.06. The summed E-state index contributed by atoms with van der Waals surface area (Å²) in [4.78, 5) is 11.8. The minimum Gasteiger partial charge on any atom is -0.466 e. The molecule has 1 aliphatic heterocycles. The number of hydrogen-bond acceptors (Lipinski definition) is 3. The fraction of sp³-hybridized carbons (Fsp3) is 0.462. The molecule has 3 nitrogen and oxygen atoms in total. The van der Waals surface area contributed by atoms with Gasteiger partial charge in [0.25, 0.3) is 0 Å². The van der Waals surface area contributed by atoms with Crippen LogP contribution in [0.4, 0.5) is 0 Å². The maximum atomic E-state index is 11.8. The van der Waals surface area contributed by atoms with Crippen molar-refractivity contribution in [3.8, 4) is 0 Å². The monoisotopic (exact) mass is 253 g/mol. The molecule has 0 unspecified atom stereocenters. The highest BCUT2D eigenvalue weighted by Gasteiger charge is 2.35. The van der Waals surface area contributed by atoms with Crippen molar-refractivity contribution in [2.24, 2.45) is 5.92 Å². The van der Waals surface area contributed by atoms with E-state index >= 15 is 0 Å². The molecule has 2 rings (SSSR count). The van der Waals surface area contributed by atoms with E-state index in [1.807, 2.05) is 31.2 Å². The molecule has 17 heavy (non-hydrogen) atoms. The summed E-state index contributed by atoms with van der Waals surface area (Å²) in [7, 11) is 0. The predicted molar refractivity (Wildman–Crippen MR) is 67.2 cm³/mol. The summed E-state index contributed by atoms with van der Waals surface area (Å²) in [5.74, 6) is -0.153. The summed E-state index contributed by atoms with van der Waals surface area (Å²) in [6.45, 7) is 3.68. The molecule has 0 aliphatic carbocycles. The molecule has 1 aliphatic rings. The van der Waals surface area contributed by atoms with E-state index in [1.165, 1.54) is 0 Å². The van der Waals surface area contributed by atoms with Gasteiger partial charge in [0.15, 0.2) is 0 Å². The zero-order valence-corrected chi connectivity index (χ0v) is 10.5. The SMILES string of the molecule is CCOC(=O)[C@@H]1CNC[C@H]1c1ccccc1Cl. The lowest BCUT2D eigenvalue weighted by atomic mass is 9.89. The maximum absolute atomic E-state index is 11.8. The van der Waals surface area contributed by atoms with Crippen molar-refractivity contribution in [3.05, 3.63) is 34.9 Å². The molecule has 92 valence electrons. The minimum atomic E-state index is -0.137. The van der Waals surface area contributed by atoms with Crippen LogP contribution in [0.15, 0.2) is 24.3 Å². The Morgan fingerprint density at radius 1 is 1.47 bits per heavy atom. The van der Waals surface area contributed by atoms with Crippen LogP contribution < -0.4 is 5.32 Å². The van der Waals surface area contributed by atoms with Crippen LogP contribution in [0.2, 0.25) is 5.02 Å². The third kappa shape index (κ3) is 2.61. The number of rotatable bonds is 3. The number of halogens is 1. The van der Waals surface area contributed by atoms with Crippen molar-refractivity contribution in [2.75, 3.05) is 19.7 Å². The fourth-order valence-electron chi connectivity index (χ4n) is 2.28. The number of hydrogen-bond donors (Lipinski definition) is 1. The van der Waals surface area contributed by atoms with Crippen LogP contribution >= 0.6 is 11.6 Å². The standard InChI is InChI=1S/C13H16ClNO2/c1-2-17-13(16)11-8-15-7-10(11)9-5-3-4-6-12(9)14/h3-6,10-11,15H,2,7-8H2,1H3/t10-,11+/m0/s1. The van der Waals surface area contributed by atoms with Crippen LogP contribution in [0, 0.1) is 5.92 Å². The van der Waals surface area contributed by atoms with Crippen LogP contribution in [-0.4, -0.2) is 25.7 Å². The van der Waals surface area contributed by atoms with E-state index in [0.717, 1.165) is 17.1 Å². The summed E-state index contributed by atoms with van der Waals surface area (Å²) in [6.07, 6.45) is 0. The summed E-state index contributed by atoms with van der Waals surface area (Å²) in [5, 5.41) is 3.95. The van der Waals surface area contributed by atoms with Gasteiger partial charge in [-0.1, -0.05) is 29.8 Å². The lowest BCUT2D eigenvalue weighted by Gasteiger charge is -2.18. The fourth-order valence-corrected chi connectivity index (χ4v) is 2.55. The molecule has 0 saturated carbocycles. The van der Waals surface area contributed by atoms with Gasteiger partial charge in [0.1, 0.15) is 0 Å². The Morgan fingerprint density at radius 3 is 2.94 bits per heavy atom. The number of carbonyl (C=O) groups excluding carboxylic acids is 1. The Labute approximate surface area is 106 Å². The molecule has 1 heterocycles. The maximum Gasteiger partial charge on any atom is 0.310 e. The van der Waals surface area contributed by atoms with Gasteiger partial charge in [-0.05, 0) is 18.6 Å². The third-order valence-electron chi connectivity index (χ3n) is 3.11. The van der Waals surface area contributed by atoms with E-state index < -0.39 is 0 Å². The number of ether oxygens (including phenoxy) is 1. The topological polar surface area (TPSA) is 38.3 Å². The first kappa shape index (κ1) is 12.4.